The van der Waals surface area contributed by atoms with Crippen molar-refractivity contribution in [1.29, 1.82) is 0 Å². The van der Waals surface area contributed by atoms with Gasteiger partial charge in [0.25, 0.3) is 0 Å². The molecule has 0 amide bonds. The van der Waals surface area contributed by atoms with E-state index in [-0.39, 0.29) is 6.10 Å². The summed E-state index contributed by atoms with van der Waals surface area (Å²) in [6, 6.07) is 4.13. The molecule has 3 aromatic rings. The van der Waals surface area contributed by atoms with Crippen LogP contribution in [0.15, 0.2) is 36.1 Å². The Balaban J connectivity index is 1.84. The first-order chi connectivity index (χ1) is 9.83. The number of anilines is 1. The van der Waals surface area contributed by atoms with E-state index in [9.17, 15) is 5.11 Å². The Hall–Kier alpha value is -1.92. The van der Waals surface area contributed by atoms with Crippen LogP contribution in [0.1, 0.15) is 6.42 Å². The standard InChI is InChI=1S/C14H14N4OS/c19-10-3-5-17(9-10)13-14-16-8-11(12-2-1-7-20-12)18(14)6-4-15-13/h1-2,4,6-8,10,19H,3,5,9H2. The summed E-state index contributed by atoms with van der Waals surface area (Å²) in [7, 11) is 0. The van der Waals surface area contributed by atoms with Crippen molar-refractivity contribution in [3.63, 3.8) is 0 Å². The molecule has 3 aromatic heterocycles. The van der Waals surface area contributed by atoms with Gasteiger partial charge in [0, 0.05) is 25.5 Å². The van der Waals surface area contributed by atoms with E-state index in [1.54, 1.807) is 17.5 Å². The highest BCUT2D eigenvalue weighted by molar-refractivity contribution is 7.13. The lowest BCUT2D eigenvalue weighted by Gasteiger charge is -2.16. The third-order valence-corrected chi connectivity index (χ3v) is 4.54. The summed E-state index contributed by atoms with van der Waals surface area (Å²) in [6.45, 7) is 1.46. The summed E-state index contributed by atoms with van der Waals surface area (Å²) in [5, 5.41) is 11.8. The van der Waals surface area contributed by atoms with Crippen LogP contribution in [-0.4, -0.2) is 38.7 Å². The van der Waals surface area contributed by atoms with Gasteiger partial charge < -0.3 is 10.0 Å². The first kappa shape index (κ1) is 11.9. The van der Waals surface area contributed by atoms with E-state index in [1.165, 1.54) is 4.88 Å². The summed E-state index contributed by atoms with van der Waals surface area (Å²) in [6.07, 6.45) is 6.16. The molecule has 1 fully saturated rings. The van der Waals surface area contributed by atoms with Crippen LogP contribution in [0, 0.1) is 0 Å². The van der Waals surface area contributed by atoms with Gasteiger partial charge in [0.1, 0.15) is 0 Å². The molecule has 1 saturated heterocycles. The molecule has 102 valence electrons. The van der Waals surface area contributed by atoms with Crippen LogP contribution < -0.4 is 4.90 Å². The lowest BCUT2D eigenvalue weighted by atomic mass is 10.3. The molecule has 0 saturated carbocycles. The lowest BCUT2D eigenvalue weighted by Crippen LogP contribution is -2.23. The second-order valence-electron chi connectivity index (χ2n) is 4.95. The smallest absolute Gasteiger partial charge is 0.180 e. The monoisotopic (exact) mass is 286 g/mol. The van der Waals surface area contributed by atoms with E-state index >= 15 is 0 Å². The molecule has 20 heavy (non-hydrogen) atoms. The minimum atomic E-state index is -0.260. The molecule has 0 aromatic carbocycles. The topological polar surface area (TPSA) is 53.7 Å². The molecule has 6 heteroatoms. The summed E-state index contributed by atoms with van der Waals surface area (Å²) in [5.41, 5.74) is 1.93. The molecule has 0 aliphatic carbocycles. The number of β-amino-alcohol motifs (C(OH)–C–C–N with tert-alkyl or cyclic N) is 1. The Bertz CT molecular complexity index is 737. The predicted octanol–water partition coefficient (Wildman–Crippen LogP) is 2.03. The van der Waals surface area contributed by atoms with E-state index in [0.29, 0.717) is 6.54 Å². The molecule has 0 spiro atoms. The van der Waals surface area contributed by atoms with Crippen molar-refractivity contribution in [3.8, 4) is 10.6 Å². The number of hydrogen-bond donors (Lipinski definition) is 1. The molecule has 1 aliphatic heterocycles. The Morgan fingerprint density at radius 3 is 3.05 bits per heavy atom. The van der Waals surface area contributed by atoms with Crippen LogP contribution in [0.2, 0.25) is 0 Å². The fraction of sp³-hybridized carbons (Fsp3) is 0.286. The highest BCUT2D eigenvalue weighted by Gasteiger charge is 2.24. The lowest BCUT2D eigenvalue weighted by molar-refractivity contribution is 0.198. The highest BCUT2D eigenvalue weighted by Crippen LogP contribution is 2.29. The summed E-state index contributed by atoms with van der Waals surface area (Å²) < 4.78 is 2.07. The normalized spacial score (nSPS) is 19.1. The first-order valence-electron chi connectivity index (χ1n) is 6.62. The number of fused-ring (bicyclic) bond motifs is 1. The van der Waals surface area contributed by atoms with Gasteiger partial charge in [0.15, 0.2) is 11.5 Å². The van der Waals surface area contributed by atoms with E-state index in [1.807, 2.05) is 18.5 Å². The maximum absolute atomic E-state index is 9.69. The average Bonchev–Trinajstić information content (AvgIpc) is 3.17. The summed E-state index contributed by atoms with van der Waals surface area (Å²) >= 11 is 1.70. The van der Waals surface area contributed by atoms with Gasteiger partial charge in [-0.15, -0.1) is 11.3 Å². The van der Waals surface area contributed by atoms with Gasteiger partial charge in [0.05, 0.1) is 22.9 Å². The Labute approximate surface area is 120 Å². The Morgan fingerprint density at radius 1 is 1.35 bits per heavy atom. The average molecular weight is 286 g/mol. The molecule has 0 radical (unpaired) electrons. The van der Waals surface area contributed by atoms with E-state index in [0.717, 1.165) is 30.1 Å². The van der Waals surface area contributed by atoms with Crippen LogP contribution in [0.5, 0.6) is 0 Å². The summed E-state index contributed by atoms with van der Waals surface area (Å²) in [4.78, 5) is 12.3. The largest absolute Gasteiger partial charge is 0.391 e. The van der Waals surface area contributed by atoms with Crippen molar-refractivity contribution in [2.24, 2.45) is 0 Å². The minimum absolute atomic E-state index is 0.260. The molecule has 1 aliphatic rings. The van der Waals surface area contributed by atoms with Crippen LogP contribution in [0.4, 0.5) is 5.82 Å². The molecule has 4 heterocycles. The second kappa shape index (κ2) is 4.57. The predicted molar refractivity (Wildman–Crippen MR) is 79.1 cm³/mol. The Kier molecular flexibility index (Phi) is 2.71. The molecule has 4 rings (SSSR count). The van der Waals surface area contributed by atoms with Gasteiger partial charge in [-0.1, -0.05) is 6.07 Å². The maximum Gasteiger partial charge on any atom is 0.180 e. The van der Waals surface area contributed by atoms with Crippen molar-refractivity contribution in [1.82, 2.24) is 14.4 Å². The van der Waals surface area contributed by atoms with E-state index in [2.05, 4.69) is 30.7 Å². The summed E-state index contributed by atoms with van der Waals surface area (Å²) in [5.74, 6) is 0.854. The van der Waals surface area contributed by atoms with Gasteiger partial charge >= 0.3 is 0 Å². The van der Waals surface area contributed by atoms with Crippen LogP contribution in [0.25, 0.3) is 16.2 Å². The van der Waals surface area contributed by atoms with Crippen molar-refractivity contribution in [2.45, 2.75) is 12.5 Å². The maximum atomic E-state index is 9.69. The SMILES string of the molecule is OC1CCN(c2nccn3c(-c4cccs4)cnc23)C1. The number of rotatable bonds is 2. The minimum Gasteiger partial charge on any atom is -0.391 e. The first-order valence-corrected chi connectivity index (χ1v) is 7.50. The molecule has 1 unspecified atom stereocenters. The molecule has 5 nitrogen and oxygen atoms in total. The fourth-order valence-electron chi connectivity index (χ4n) is 2.67. The zero-order chi connectivity index (χ0) is 13.5. The molecule has 1 N–H and O–H groups in total. The van der Waals surface area contributed by atoms with Gasteiger partial charge in [-0.2, -0.15) is 0 Å². The van der Waals surface area contributed by atoms with Crippen LogP contribution in [0.3, 0.4) is 0 Å². The van der Waals surface area contributed by atoms with Crippen molar-refractivity contribution < 1.29 is 5.11 Å². The number of imidazole rings is 1. The molecule has 0 bridgehead atoms. The van der Waals surface area contributed by atoms with Crippen LogP contribution >= 0.6 is 11.3 Å². The molecular formula is C14H14N4OS. The zero-order valence-corrected chi connectivity index (χ0v) is 11.6. The number of thiophene rings is 1. The van der Waals surface area contributed by atoms with Crippen molar-refractivity contribution in [3.05, 3.63) is 36.1 Å². The van der Waals surface area contributed by atoms with Gasteiger partial charge in [-0.05, 0) is 17.9 Å². The van der Waals surface area contributed by atoms with Crippen molar-refractivity contribution in [2.75, 3.05) is 18.0 Å². The molecule has 1 atom stereocenters. The number of aliphatic hydroxyl groups excluding tert-OH is 1. The number of aromatic nitrogens is 3. The third kappa shape index (κ3) is 1.80. The van der Waals surface area contributed by atoms with Gasteiger partial charge in [-0.3, -0.25) is 4.40 Å². The number of aliphatic hydroxyl groups is 1. The van der Waals surface area contributed by atoms with E-state index in [4.69, 9.17) is 0 Å². The van der Waals surface area contributed by atoms with Gasteiger partial charge in [0.2, 0.25) is 0 Å². The number of nitrogens with zero attached hydrogens (tertiary/aromatic N) is 4. The quantitative estimate of drug-likeness (QED) is 0.783. The van der Waals surface area contributed by atoms with Gasteiger partial charge in [-0.25, -0.2) is 9.97 Å². The third-order valence-electron chi connectivity index (χ3n) is 3.65. The number of hydrogen-bond acceptors (Lipinski definition) is 5. The zero-order valence-electron chi connectivity index (χ0n) is 10.8. The van der Waals surface area contributed by atoms with E-state index < -0.39 is 0 Å². The Morgan fingerprint density at radius 2 is 2.30 bits per heavy atom. The van der Waals surface area contributed by atoms with Crippen LogP contribution in [-0.2, 0) is 0 Å². The highest BCUT2D eigenvalue weighted by atomic mass is 32.1. The molecular weight excluding hydrogens is 272 g/mol. The fourth-order valence-corrected chi connectivity index (χ4v) is 3.40. The van der Waals surface area contributed by atoms with Crippen molar-refractivity contribution >= 4 is 22.8 Å². The second-order valence-corrected chi connectivity index (χ2v) is 5.90.